The van der Waals surface area contributed by atoms with Gasteiger partial charge in [0.15, 0.2) is 0 Å². The summed E-state index contributed by atoms with van der Waals surface area (Å²) in [5.74, 6) is -2.12. The molecule has 0 aliphatic rings. The molecule has 0 radical (unpaired) electrons. The normalized spacial score (nSPS) is 12.7. The van der Waals surface area contributed by atoms with E-state index in [0.717, 1.165) is 54.9 Å². The average Bonchev–Trinajstić information content (AvgIpc) is 3.91. The minimum atomic E-state index is -4.62. The maximum Gasteiger partial charge on any atom is 0.416 e. The van der Waals surface area contributed by atoms with Gasteiger partial charge in [-0.2, -0.15) is 26.3 Å². The lowest BCUT2D eigenvalue weighted by Crippen LogP contribution is -2.38. The van der Waals surface area contributed by atoms with E-state index in [2.05, 4.69) is 52.3 Å². The summed E-state index contributed by atoms with van der Waals surface area (Å²) >= 11 is 6.62. The highest BCUT2D eigenvalue weighted by molar-refractivity contribution is 9.10. The number of esters is 1. The molecule has 0 fully saturated rings. The van der Waals surface area contributed by atoms with E-state index in [9.17, 15) is 41.0 Å². The number of benzene rings is 6. The molecule has 67 heavy (non-hydrogen) atoms. The molecular formula is C47H40Br2F6N6O6. The first-order chi connectivity index (χ1) is 30.8. The van der Waals surface area contributed by atoms with Crippen molar-refractivity contribution < 1.29 is 55.2 Å². The van der Waals surface area contributed by atoms with Gasteiger partial charge >= 0.3 is 24.3 Å². The van der Waals surface area contributed by atoms with Gasteiger partial charge in [-0.15, -0.1) is 30.0 Å². The quantitative estimate of drug-likeness (QED) is 0.0982. The van der Waals surface area contributed by atoms with E-state index < -0.39 is 47.1 Å². The molecule has 0 saturated carbocycles. The number of rotatable bonds is 11. The summed E-state index contributed by atoms with van der Waals surface area (Å²) in [7, 11) is 0. The highest BCUT2D eigenvalue weighted by Crippen LogP contribution is 2.39. The van der Waals surface area contributed by atoms with Crippen LogP contribution in [0.1, 0.15) is 57.1 Å². The molecule has 2 heterocycles. The maximum absolute atomic E-state index is 13.4. The Hall–Kier alpha value is -6.80. The fraction of sp³-hybridized carbons (Fsp3) is 0.191. The van der Waals surface area contributed by atoms with Crippen LogP contribution < -0.4 is 9.47 Å². The van der Waals surface area contributed by atoms with Crippen molar-refractivity contribution in [2.24, 2.45) is 0 Å². The summed E-state index contributed by atoms with van der Waals surface area (Å²) in [5, 5.41) is 26.9. The smallest absolute Gasteiger partial charge is 0.416 e. The number of carbonyl (C=O) groups excluding carboxylic acids is 1. The predicted octanol–water partition coefficient (Wildman–Crippen LogP) is 12.7. The van der Waals surface area contributed by atoms with E-state index in [0.29, 0.717) is 33.2 Å². The van der Waals surface area contributed by atoms with Crippen LogP contribution >= 0.6 is 31.9 Å². The standard InChI is InChI=1S/C23H17BrF3N3O3.C22H15BrF3N3O3.2CH4/c1-2-32-22(31)21(14-7-10-16(24)11-8-14)33-20-12-9-15(23(25,26)27)13-19(20)30-28-17-5-3-4-6-18(17)29-30;1-21(20(30)31,13-6-9-15(23)10-7-13)32-19-11-8-14(22(24,25)26)12-18(19)29-27-16-4-2-3-5-17(16)28-29;;/h3-13,21H,2H2,1H3;2-12H,1H3,(H,30,31);2*1H4. The van der Waals surface area contributed by atoms with Crippen molar-refractivity contribution in [1.82, 2.24) is 30.0 Å². The van der Waals surface area contributed by atoms with Crippen molar-refractivity contribution in [1.29, 1.82) is 0 Å². The van der Waals surface area contributed by atoms with Crippen LogP contribution in [0.3, 0.4) is 0 Å². The summed E-state index contributed by atoms with van der Waals surface area (Å²) in [6, 6.07) is 32.5. The van der Waals surface area contributed by atoms with E-state index in [4.69, 9.17) is 14.2 Å². The molecule has 6 aromatic carbocycles. The van der Waals surface area contributed by atoms with E-state index in [1.807, 2.05) is 0 Å². The Morgan fingerprint density at radius 3 is 1.40 bits per heavy atom. The minimum absolute atomic E-state index is 0. The molecule has 1 N–H and O–H groups in total. The summed E-state index contributed by atoms with van der Waals surface area (Å²) in [4.78, 5) is 26.9. The molecule has 12 nitrogen and oxygen atoms in total. The van der Waals surface area contributed by atoms with E-state index >= 15 is 0 Å². The third-order valence-electron chi connectivity index (χ3n) is 9.61. The largest absolute Gasteiger partial charge is 0.478 e. The molecule has 0 aliphatic heterocycles. The summed E-state index contributed by atoms with van der Waals surface area (Å²) in [6.07, 6.45) is -10.4. The number of ether oxygens (including phenoxy) is 3. The molecule has 0 amide bonds. The number of hydrogen-bond acceptors (Lipinski definition) is 9. The summed E-state index contributed by atoms with van der Waals surface area (Å²) < 4.78 is 99.0. The number of halogens is 8. The number of hydrogen-bond donors (Lipinski definition) is 1. The summed E-state index contributed by atoms with van der Waals surface area (Å²) in [5.41, 5.74) is -1.24. The highest BCUT2D eigenvalue weighted by atomic mass is 79.9. The monoisotopic (exact) mass is 1060 g/mol. The Kier molecular flexibility index (Phi) is 15.9. The van der Waals surface area contributed by atoms with Gasteiger partial charge < -0.3 is 19.3 Å². The van der Waals surface area contributed by atoms with Crippen LogP contribution in [0.5, 0.6) is 11.5 Å². The van der Waals surface area contributed by atoms with Crippen molar-refractivity contribution in [2.45, 2.75) is 52.8 Å². The predicted molar refractivity (Wildman–Crippen MR) is 245 cm³/mol. The minimum Gasteiger partial charge on any atom is -0.478 e. The first-order valence-electron chi connectivity index (χ1n) is 19.2. The first kappa shape index (κ1) is 51.2. The van der Waals surface area contributed by atoms with Gasteiger partial charge in [-0.3, -0.25) is 0 Å². The van der Waals surface area contributed by atoms with Crippen LogP contribution in [-0.4, -0.2) is 53.6 Å². The first-order valence-corrected chi connectivity index (χ1v) is 20.8. The molecule has 350 valence electrons. The van der Waals surface area contributed by atoms with Gasteiger partial charge in [0, 0.05) is 20.1 Å². The van der Waals surface area contributed by atoms with Gasteiger partial charge in [0.25, 0.3) is 0 Å². The number of carboxylic acids is 1. The van der Waals surface area contributed by atoms with Gasteiger partial charge in [-0.1, -0.05) is 95.2 Å². The second-order valence-electron chi connectivity index (χ2n) is 14.1. The van der Waals surface area contributed by atoms with Crippen molar-refractivity contribution >= 4 is 65.9 Å². The molecule has 0 spiro atoms. The van der Waals surface area contributed by atoms with Crippen LogP contribution in [0.15, 0.2) is 142 Å². The van der Waals surface area contributed by atoms with Crippen LogP contribution in [-0.2, 0) is 32.3 Å². The van der Waals surface area contributed by atoms with Gasteiger partial charge in [-0.25, -0.2) is 9.59 Å². The number of aromatic nitrogens is 6. The Labute approximate surface area is 396 Å². The van der Waals surface area contributed by atoms with Crippen LogP contribution in [0.25, 0.3) is 33.4 Å². The van der Waals surface area contributed by atoms with Gasteiger partial charge in [0.05, 0.1) is 17.7 Å². The van der Waals surface area contributed by atoms with E-state index in [-0.39, 0.29) is 44.3 Å². The lowest BCUT2D eigenvalue weighted by molar-refractivity contribution is -0.155. The molecule has 8 aromatic rings. The molecule has 20 heteroatoms. The van der Waals surface area contributed by atoms with Crippen molar-refractivity contribution in [2.75, 3.05) is 6.61 Å². The zero-order chi connectivity index (χ0) is 46.7. The van der Waals surface area contributed by atoms with Gasteiger partial charge in [0.1, 0.15) is 44.9 Å². The zero-order valence-corrected chi connectivity index (χ0v) is 36.9. The van der Waals surface area contributed by atoms with Gasteiger partial charge in [-0.05, 0) is 98.8 Å². The van der Waals surface area contributed by atoms with Gasteiger partial charge in [0.2, 0.25) is 11.7 Å². The average molecular weight is 1060 g/mol. The molecule has 0 saturated heterocycles. The summed E-state index contributed by atoms with van der Waals surface area (Å²) in [6.45, 7) is 3.09. The van der Waals surface area contributed by atoms with E-state index in [1.54, 1.807) is 104 Å². The van der Waals surface area contributed by atoms with Crippen molar-refractivity contribution in [3.8, 4) is 22.9 Å². The Morgan fingerprint density at radius 2 is 1.00 bits per heavy atom. The van der Waals surface area contributed by atoms with E-state index in [1.165, 1.54) is 6.92 Å². The SMILES string of the molecule is C.C.CC(Oc1ccc(C(F)(F)F)cc1-n1nc2ccccc2n1)(C(=O)O)c1ccc(Br)cc1.CCOC(=O)C(Oc1ccc(C(F)(F)F)cc1-n1nc2ccccc2n1)c1ccc(Br)cc1. The van der Waals surface area contributed by atoms with Crippen LogP contribution in [0.4, 0.5) is 26.3 Å². The molecule has 2 aromatic heterocycles. The number of carbonyl (C=O) groups is 2. The fourth-order valence-electron chi connectivity index (χ4n) is 6.27. The lowest BCUT2D eigenvalue weighted by Gasteiger charge is -2.28. The second-order valence-corrected chi connectivity index (χ2v) is 15.9. The molecule has 0 aliphatic carbocycles. The lowest BCUT2D eigenvalue weighted by atomic mass is 9.95. The second kappa shape index (κ2) is 20.8. The molecule has 2 atom stereocenters. The number of aliphatic carboxylic acids is 1. The Bertz CT molecular complexity index is 2930. The van der Waals surface area contributed by atoms with Crippen molar-refractivity contribution in [3.63, 3.8) is 0 Å². The highest BCUT2D eigenvalue weighted by Gasteiger charge is 2.40. The van der Waals surface area contributed by atoms with Crippen LogP contribution in [0, 0.1) is 0 Å². The third-order valence-corrected chi connectivity index (χ3v) is 10.7. The number of alkyl halides is 6. The van der Waals surface area contributed by atoms with Crippen LogP contribution in [0.2, 0.25) is 0 Å². The van der Waals surface area contributed by atoms with Crippen molar-refractivity contribution in [3.05, 3.63) is 165 Å². The Balaban J connectivity index is 0.000000244. The zero-order valence-electron chi connectivity index (χ0n) is 33.7. The third kappa shape index (κ3) is 11.6. The molecular weight excluding hydrogens is 1020 g/mol. The number of carboxylic acid groups (broad SMARTS) is 1. The number of fused-ring (bicyclic) bond motifs is 2. The molecule has 8 rings (SSSR count). The number of nitrogens with zero attached hydrogens (tertiary/aromatic N) is 6. The Morgan fingerprint density at radius 1 is 0.612 bits per heavy atom. The molecule has 0 bridgehead atoms. The topological polar surface area (TPSA) is 143 Å². The maximum atomic E-state index is 13.4. The molecule has 2 unspecified atom stereocenters. The fourth-order valence-corrected chi connectivity index (χ4v) is 6.80.